The van der Waals surface area contributed by atoms with Crippen molar-refractivity contribution in [1.82, 2.24) is 4.98 Å². The third-order valence-electron chi connectivity index (χ3n) is 5.63. The van der Waals surface area contributed by atoms with Crippen molar-refractivity contribution in [2.75, 3.05) is 35.3 Å². The summed E-state index contributed by atoms with van der Waals surface area (Å²) in [6, 6.07) is 9.57. The Labute approximate surface area is 203 Å². The number of thiazole rings is 1. The molecule has 0 bridgehead atoms. The zero-order valence-electron chi connectivity index (χ0n) is 18.7. The van der Waals surface area contributed by atoms with Crippen molar-refractivity contribution in [3.63, 3.8) is 0 Å². The second-order valence-corrected chi connectivity index (χ2v) is 8.99. The number of aromatic nitrogens is 1. The minimum absolute atomic E-state index is 0.0672. The molecule has 1 saturated heterocycles. The van der Waals surface area contributed by atoms with Crippen molar-refractivity contribution >= 4 is 45.6 Å². The molecule has 3 aromatic rings. The van der Waals surface area contributed by atoms with E-state index in [0.29, 0.717) is 46.9 Å². The number of carbonyl (C=O) groups excluding carboxylic acids is 3. The number of halogens is 1. The number of rotatable bonds is 5. The van der Waals surface area contributed by atoms with Crippen LogP contribution in [0.25, 0.3) is 11.3 Å². The molecule has 5 rings (SSSR count). The Morgan fingerprint density at radius 1 is 1.11 bits per heavy atom. The van der Waals surface area contributed by atoms with E-state index in [1.54, 1.807) is 34.5 Å². The lowest BCUT2D eigenvalue weighted by atomic mass is 10.1. The minimum Gasteiger partial charge on any atom is -0.486 e. The number of hydrogen-bond donors (Lipinski definition) is 2. The third-order valence-corrected chi connectivity index (χ3v) is 6.39. The standard InChI is InChI=1S/C24H21FN4O5S/c1-13(30)26-15-2-4-17(18(25)9-15)19-12-35-24(27-19)28-23(32)14-8-22(31)29(11-14)16-3-5-20-21(10-16)34-7-6-33-20/h2-5,9-10,12,14H,6-8,11H2,1H3,(H,26,30)(H,27,28,32). The molecule has 3 heterocycles. The Balaban J connectivity index is 1.25. The number of ether oxygens (including phenoxy) is 2. The Bertz CT molecular complexity index is 1330. The number of hydrogen-bond acceptors (Lipinski definition) is 7. The number of fused-ring (bicyclic) bond motifs is 1. The quantitative estimate of drug-likeness (QED) is 0.558. The van der Waals surface area contributed by atoms with E-state index in [2.05, 4.69) is 15.6 Å². The fourth-order valence-electron chi connectivity index (χ4n) is 4.00. The molecule has 1 unspecified atom stereocenters. The molecule has 180 valence electrons. The molecule has 3 amide bonds. The summed E-state index contributed by atoms with van der Waals surface area (Å²) < 4.78 is 25.6. The molecule has 0 spiro atoms. The molecular formula is C24H21FN4O5S. The van der Waals surface area contributed by atoms with Gasteiger partial charge in [0, 0.05) is 48.3 Å². The number of nitrogens with zero attached hydrogens (tertiary/aromatic N) is 2. The van der Waals surface area contributed by atoms with E-state index in [4.69, 9.17) is 9.47 Å². The van der Waals surface area contributed by atoms with Gasteiger partial charge in [-0.05, 0) is 30.3 Å². The number of amides is 3. The van der Waals surface area contributed by atoms with Gasteiger partial charge in [0.25, 0.3) is 0 Å². The van der Waals surface area contributed by atoms with Crippen LogP contribution >= 0.6 is 11.3 Å². The van der Waals surface area contributed by atoms with Gasteiger partial charge in [-0.2, -0.15) is 0 Å². The van der Waals surface area contributed by atoms with Crippen LogP contribution in [0, 0.1) is 11.7 Å². The second-order valence-electron chi connectivity index (χ2n) is 8.14. The molecular weight excluding hydrogens is 475 g/mol. The topological polar surface area (TPSA) is 110 Å². The van der Waals surface area contributed by atoms with Crippen LogP contribution in [0.3, 0.4) is 0 Å². The molecule has 1 fully saturated rings. The lowest BCUT2D eigenvalue weighted by molar-refractivity contribution is -0.122. The van der Waals surface area contributed by atoms with E-state index in [9.17, 15) is 18.8 Å². The Hall–Kier alpha value is -3.99. The molecule has 0 aliphatic carbocycles. The molecule has 0 saturated carbocycles. The van der Waals surface area contributed by atoms with Crippen molar-refractivity contribution in [2.45, 2.75) is 13.3 Å². The first-order valence-corrected chi connectivity index (χ1v) is 11.8. The van der Waals surface area contributed by atoms with E-state index in [1.807, 2.05) is 0 Å². The first-order chi connectivity index (χ1) is 16.9. The maximum Gasteiger partial charge on any atom is 0.231 e. The third kappa shape index (κ3) is 4.80. The van der Waals surface area contributed by atoms with Gasteiger partial charge in [0.05, 0.1) is 11.6 Å². The van der Waals surface area contributed by atoms with Gasteiger partial charge in [0.2, 0.25) is 17.7 Å². The SMILES string of the molecule is CC(=O)Nc1ccc(-c2csc(NC(=O)C3CC(=O)N(c4ccc5c(c4)OCCO5)C3)n2)c(F)c1. The molecule has 9 nitrogen and oxygen atoms in total. The zero-order valence-corrected chi connectivity index (χ0v) is 19.5. The van der Waals surface area contributed by atoms with Gasteiger partial charge in [-0.15, -0.1) is 11.3 Å². The first-order valence-electron chi connectivity index (χ1n) is 10.9. The van der Waals surface area contributed by atoms with Gasteiger partial charge in [-0.25, -0.2) is 9.37 Å². The number of nitrogens with one attached hydrogen (secondary N) is 2. The highest BCUT2D eigenvalue weighted by atomic mass is 32.1. The number of carbonyl (C=O) groups is 3. The zero-order chi connectivity index (χ0) is 24.5. The normalized spacial score (nSPS) is 16.8. The molecule has 35 heavy (non-hydrogen) atoms. The lowest BCUT2D eigenvalue weighted by Crippen LogP contribution is -2.28. The monoisotopic (exact) mass is 496 g/mol. The molecule has 0 radical (unpaired) electrons. The van der Waals surface area contributed by atoms with E-state index >= 15 is 0 Å². The Kier molecular flexibility index (Phi) is 6.08. The second kappa shape index (κ2) is 9.34. The summed E-state index contributed by atoms with van der Waals surface area (Å²) >= 11 is 1.16. The summed E-state index contributed by atoms with van der Waals surface area (Å²) in [5.41, 5.74) is 1.59. The molecule has 2 N–H and O–H groups in total. The van der Waals surface area contributed by atoms with Crippen LogP contribution in [0.15, 0.2) is 41.8 Å². The Morgan fingerprint density at radius 2 is 1.91 bits per heavy atom. The summed E-state index contributed by atoms with van der Waals surface area (Å²) in [5.74, 6) is -0.700. The van der Waals surface area contributed by atoms with Crippen molar-refractivity contribution in [2.24, 2.45) is 5.92 Å². The lowest BCUT2D eigenvalue weighted by Gasteiger charge is -2.22. The Morgan fingerprint density at radius 3 is 2.69 bits per heavy atom. The van der Waals surface area contributed by atoms with Crippen LogP contribution in [0.4, 0.5) is 20.9 Å². The summed E-state index contributed by atoms with van der Waals surface area (Å²) in [5, 5.41) is 7.20. The molecule has 11 heteroatoms. The van der Waals surface area contributed by atoms with Crippen LogP contribution < -0.4 is 25.0 Å². The fourth-order valence-corrected chi connectivity index (χ4v) is 4.71. The predicted molar refractivity (Wildman–Crippen MR) is 128 cm³/mol. The maximum atomic E-state index is 14.5. The van der Waals surface area contributed by atoms with E-state index in [-0.39, 0.29) is 36.3 Å². The highest BCUT2D eigenvalue weighted by Gasteiger charge is 2.36. The number of anilines is 3. The van der Waals surface area contributed by atoms with Crippen LogP contribution in [-0.2, 0) is 14.4 Å². The smallest absolute Gasteiger partial charge is 0.231 e. The summed E-state index contributed by atoms with van der Waals surface area (Å²) in [7, 11) is 0. The van der Waals surface area contributed by atoms with Crippen molar-refractivity contribution in [1.29, 1.82) is 0 Å². The van der Waals surface area contributed by atoms with Crippen molar-refractivity contribution < 1.29 is 28.2 Å². The van der Waals surface area contributed by atoms with Crippen LogP contribution in [0.2, 0.25) is 0 Å². The van der Waals surface area contributed by atoms with Gasteiger partial charge in [-0.1, -0.05) is 0 Å². The average Bonchev–Trinajstić information content (AvgIpc) is 3.45. The van der Waals surface area contributed by atoms with Crippen LogP contribution in [-0.4, -0.2) is 42.5 Å². The van der Waals surface area contributed by atoms with E-state index in [0.717, 1.165) is 11.3 Å². The maximum absolute atomic E-state index is 14.5. The van der Waals surface area contributed by atoms with Gasteiger partial charge in [0.1, 0.15) is 19.0 Å². The minimum atomic E-state index is -0.559. The molecule has 1 aromatic heterocycles. The van der Waals surface area contributed by atoms with Crippen LogP contribution in [0.1, 0.15) is 13.3 Å². The van der Waals surface area contributed by atoms with E-state index < -0.39 is 11.7 Å². The van der Waals surface area contributed by atoms with Gasteiger partial charge >= 0.3 is 0 Å². The van der Waals surface area contributed by atoms with Gasteiger partial charge < -0.3 is 25.0 Å². The van der Waals surface area contributed by atoms with Crippen molar-refractivity contribution in [3.05, 3.63) is 47.6 Å². The molecule has 2 aliphatic rings. The predicted octanol–water partition coefficient (Wildman–Crippen LogP) is 3.67. The summed E-state index contributed by atoms with van der Waals surface area (Å²) in [4.78, 5) is 42.5. The van der Waals surface area contributed by atoms with Crippen molar-refractivity contribution in [3.8, 4) is 22.8 Å². The average molecular weight is 497 g/mol. The molecule has 1 atom stereocenters. The first kappa shape index (κ1) is 22.8. The highest BCUT2D eigenvalue weighted by molar-refractivity contribution is 7.14. The summed E-state index contributed by atoms with van der Waals surface area (Å²) in [6.45, 7) is 2.48. The van der Waals surface area contributed by atoms with Crippen LogP contribution in [0.5, 0.6) is 11.5 Å². The fraction of sp³-hybridized carbons (Fsp3) is 0.250. The van der Waals surface area contributed by atoms with E-state index in [1.165, 1.54) is 19.1 Å². The molecule has 2 aromatic carbocycles. The molecule has 2 aliphatic heterocycles. The number of benzene rings is 2. The summed E-state index contributed by atoms with van der Waals surface area (Å²) in [6.07, 6.45) is 0.0672. The van der Waals surface area contributed by atoms with Gasteiger partial charge in [0.15, 0.2) is 16.6 Å². The highest BCUT2D eigenvalue weighted by Crippen LogP contribution is 2.36. The largest absolute Gasteiger partial charge is 0.486 e. The van der Waals surface area contributed by atoms with Gasteiger partial charge in [-0.3, -0.25) is 14.4 Å².